The minimum atomic E-state index is -0.282. The Hall–Kier alpha value is -2.08. The van der Waals surface area contributed by atoms with E-state index in [2.05, 4.69) is 39.1 Å². The largest absolute Gasteiger partial charge is 0.379 e. The molecule has 2 aliphatic rings. The lowest BCUT2D eigenvalue weighted by Gasteiger charge is -2.34. The lowest BCUT2D eigenvalue weighted by Crippen LogP contribution is -2.40. The summed E-state index contributed by atoms with van der Waals surface area (Å²) < 4.78 is 0. The molecular weight excluding hydrogens is 294 g/mol. The first-order valence-corrected chi connectivity index (χ1v) is 8.32. The van der Waals surface area contributed by atoms with E-state index in [0.717, 1.165) is 24.8 Å². The molecule has 22 heavy (non-hydrogen) atoms. The van der Waals surface area contributed by atoms with Gasteiger partial charge < -0.3 is 10.6 Å². The number of thioether (sulfide) groups is 1. The van der Waals surface area contributed by atoms with Crippen LogP contribution in [0.5, 0.6) is 0 Å². The Labute approximate surface area is 133 Å². The van der Waals surface area contributed by atoms with Gasteiger partial charge in [0.1, 0.15) is 5.54 Å². The van der Waals surface area contributed by atoms with Gasteiger partial charge in [-0.15, -0.1) is 0 Å². The second kappa shape index (κ2) is 5.28. The van der Waals surface area contributed by atoms with Gasteiger partial charge in [0, 0.05) is 30.6 Å². The number of nitrogens with zero attached hydrogens (tertiary/aromatic N) is 4. The fourth-order valence-electron chi connectivity index (χ4n) is 3.36. The summed E-state index contributed by atoms with van der Waals surface area (Å²) >= 11 is 1.65. The van der Waals surface area contributed by atoms with Crippen molar-refractivity contribution in [2.75, 3.05) is 23.7 Å². The van der Waals surface area contributed by atoms with Crippen molar-refractivity contribution in [3.63, 3.8) is 0 Å². The number of hydrogen-bond donors (Lipinski definition) is 1. The van der Waals surface area contributed by atoms with Crippen molar-refractivity contribution in [3.05, 3.63) is 54.4 Å². The second-order valence-corrected chi connectivity index (χ2v) is 6.72. The van der Waals surface area contributed by atoms with Crippen molar-refractivity contribution < 1.29 is 0 Å². The molecule has 0 saturated carbocycles. The summed E-state index contributed by atoms with van der Waals surface area (Å²) in [5.74, 6) is 2.16. The molecule has 1 saturated heterocycles. The van der Waals surface area contributed by atoms with E-state index in [-0.39, 0.29) is 5.54 Å². The molecule has 1 fully saturated rings. The van der Waals surface area contributed by atoms with Gasteiger partial charge in [-0.2, -0.15) is 0 Å². The number of amidine groups is 1. The van der Waals surface area contributed by atoms with Crippen molar-refractivity contribution >= 4 is 22.9 Å². The van der Waals surface area contributed by atoms with E-state index in [9.17, 15) is 0 Å². The molecule has 0 radical (unpaired) electrons. The summed E-state index contributed by atoms with van der Waals surface area (Å²) in [5.41, 5.74) is 7.00. The molecular formula is C16H17N5S. The quantitative estimate of drug-likeness (QED) is 0.917. The summed E-state index contributed by atoms with van der Waals surface area (Å²) in [7, 11) is 0. The van der Waals surface area contributed by atoms with Crippen molar-refractivity contribution in [2.45, 2.75) is 5.54 Å². The summed E-state index contributed by atoms with van der Waals surface area (Å²) in [6, 6.07) is 12.3. The Morgan fingerprint density at radius 1 is 1.14 bits per heavy atom. The number of hydrogen-bond acceptors (Lipinski definition) is 6. The topological polar surface area (TPSA) is 67.4 Å². The standard InChI is InChI=1S/C16H17N5S/c17-14-20-16(12-5-2-1-3-6-12)11-21(9-13(16)10-22-14)15-18-7-4-8-19-15/h1-8,13H,9-11H2,(H2,17,20)/t13-,16?/m0/s1. The molecule has 2 atom stereocenters. The van der Waals surface area contributed by atoms with E-state index in [1.807, 2.05) is 12.1 Å². The van der Waals surface area contributed by atoms with Crippen LogP contribution in [0.1, 0.15) is 5.56 Å². The Balaban J connectivity index is 1.77. The number of benzene rings is 1. The third-order valence-electron chi connectivity index (χ3n) is 4.40. The van der Waals surface area contributed by atoms with Gasteiger partial charge in [-0.05, 0) is 11.6 Å². The first-order valence-electron chi connectivity index (χ1n) is 7.33. The third-order valence-corrected chi connectivity index (χ3v) is 5.35. The minimum Gasteiger partial charge on any atom is -0.379 e. The molecule has 5 nitrogen and oxygen atoms in total. The molecule has 112 valence electrons. The first-order chi connectivity index (χ1) is 10.8. The molecule has 0 bridgehead atoms. The van der Waals surface area contributed by atoms with E-state index in [1.54, 1.807) is 24.2 Å². The highest BCUT2D eigenvalue weighted by atomic mass is 32.2. The van der Waals surface area contributed by atoms with Crippen LogP contribution in [0.15, 0.2) is 53.8 Å². The van der Waals surface area contributed by atoms with Crippen molar-refractivity contribution in [1.29, 1.82) is 0 Å². The van der Waals surface area contributed by atoms with Crippen molar-refractivity contribution in [3.8, 4) is 0 Å². The Morgan fingerprint density at radius 2 is 1.91 bits per heavy atom. The van der Waals surface area contributed by atoms with Gasteiger partial charge in [0.05, 0.1) is 6.54 Å². The van der Waals surface area contributed by atoms with Crippen LogP contribution in [0.4, 0.5) is 5.95 Å². The van der Waals surface area contributed by atoms with Gasteiger partial charge in [0.15, 0.2) is 5.17 Å². The monoisotopic (exact) mass is 311 g/mol. The van der Waals surface area contributed by atoms with Gasteiger partial charge in [-0.25, -0.2) is 15.0 Å². The van der Waals surface area contributed by atoms with Crippen LogP contribution in [-0.2, 0) is 5.54 Å². The van der Waals surface area contributed by atoms with E-state index >= 15 is 0 Å². The fourth-order valence-corrected chi connectivity index (χ4v) is 4.34. The average molecular weight is 311 g/mol. The summed E-state index contributed by atoms with van der Waals surface area (Å²) in [6.45, 7) is 1.68. The van der Waals surface area contributed by atoms with Crippen LogP contribution in [-0.4, -0.2) is 34.0 Å². The van der Waals surface area contributed by atoms with Crippen LogP contribution in [0.25, 0.3) is 0 Å². The molecule has 4 rings (SSSR count). The van der Waals surface area contributed by atoms with E-state index in [1.165, 1.54) is 5.56 Å². The molecule has 2 aromatic rings. The van der Waals surface area contributed by atoms with Crippen LogP contribution >= 0.6 is 11.8 Å². The van der Waals surface area contributed by atoms with Gasteiger partial charge in [0.2, 0.25) is 5.95 Å². The minimum absolute atomic E-state index is 0.282. The number of nitrogens with two attached hydrogens (primary N) is 1. The van der Waals surface area contributed by atoms with Crippen LogP contribution in [0.3, 0.4) is 0 Å². The Kier molecular flexibility index (Phi) is 3.26. The van der Waals surface area contributed by atoms with E-state index < -0.39 is 0 Å². The zero-order valence-electron chi connectivity index (χ0n) is 12.1. The molecule has 1 aromatic carbocycles. The maximum Gasteiger partial charge on any atom is 0.225 e. The zero-order chi connectivity index (χ0) is 15.0. The summed E-state index contributed by atoms with van der Waals surface area (Å²) in [6.07, 6.45) is 3.57. The maximum atomic E-state index is 6.06. The van der Waals surface area contributed by atoms with E-state index in [0.29, 0.717) is 11.1 Å². The van der Waals surface area contributed by atoms with Gasteiger partial charge in [0.25, 0.3) is 0 Å². The van der Waals surface area contributed by atoms with Gasteiger partial charge in [-0.3, -0.25) is 0 Å². The molecule has 0 aliphatic carbocycles. The number of rotatable bonds is 2. The highest BCUT2D eigenvalue weighted by molar-refractivity contribution is 8.13. The number of aliphatic imine (C=N–C) groups is 1. The zero-order valence-corrected chi connectivity index (χ0v) is 12.9. The third kappa shape index (κ3) is 2.14. The first kappa shape index (κ1) is 13.6. The molecule has 2 N–H and O–H groups in total. The van der Waals surface area contributed by atoms with Crippen molar-refractivity contribution in [1.82, 2.24) is 9.97 Å². The number of fused-ring (bicyclic) bond motifs is 1. The second-order valence-electron chi connectivity index (χ2n) is 5.68. The molecule has 1 aromatic heterocycles. The fraction of sp³-hybridized carbons (Fsp3) is 0.312. The Bertz CT molecular complexity index is 690. The van der Waals surface area contributed by atoms with Crippen LogP contribution < -0.4 is 10.6 Å². The lowest BCUT2D eigenvalue weighted by molar-refractivity contribution is 0.387. The van der Waals surface area contributed by atoms with E-state index in [4.69, 9.17) is 10.7 Å². The van der Waals surface area contributed by atoms with Crippen LogP contribution in [0.2, 0.25) is 0 Å². The average Bonchev–Trinajstić information content (AvgIpc) is 2.96. The maximum absolute atomic E-state index is 6.06. The highest BCUT2D eigenvalue weighted by Gasteiger charge is 2.50. The van der Waals surface area contributed by atoms with Crippen molar-refractivity contribution in [2.24, 2.45) is 16.6 Å². The van der Waals surface area contributed by atoms with Gasteiger partial charge >= 0.3 is 0 Å². The molecule has 0 amide bonds. The van der Waals surface area contributed by atoms with Crippen LogP contribution in [0, 0.1) is 5.92 Å². The molecule has 0 spiro atoms. The number of aromatic nitrogens is 2. The molecule has 3 heterocycles. The predicted molar refractivity (Wildman–Crippen MR) is 89.9 cm³/mol. The highest BCUT2D eigenvalue weighted by Crippen LogP contribution is 2.45. The SMILES string of the molecule is NC1=NC2(c3ccccc3)CN(c3ncccn3)C[C@H]2CS1. The summed E-state index contributed by atoms with van der Waals surface area (Å²) in [5, 5.41) is 0.677. The molecule has 1 unspecified atom stereocenters. The predicted octanol–water partition coefficient (Wildman–Crippen LogP) is 1.87. The smallest absolute Gasteiger partial charge is 0.225 e. The lowest BCUT2D eigenvalue weighted by atomic mass is 9.82. The molecule has 2 aliphatic heterocycles. The molecule has 6 heteroatoms. The summed E-state index contributed by atoms with van der Waals surface area (Å²) in [4.78, 5) is 15.9. The normalized spacial score (nSPS) is 27.4. The van der Waals surface area contributed by atoms with Gasteiger partial charge in [-0.1, -0.05) is 42.1 Å². The number of anilines is 1. The Morgan fingerprint density at radius 3 is 2.68 bits per heavy atom.